The summed E-state index contributed by atoms with van der Waals surface area (Å²) in [5.74, 6) is -0.215. The van der Waals surface area contributed by atoms with E-state index in [4.69, 9.17) is 26.2 Å². The number of amides is 2. The summed E-state index contributed by atoms with van der Waals surface area (Å²) >= 11 is 6.52. The van der Waals surface area contributed by atoms with Crippen LogP contribution in [0, 0.1) is 11.8 Å². The number of carbonyl (C=O) groups excluding carboxylic acids is 2. The van der Waals surface area contributed by atoms with Crippen LogP contribution in [-0.2, 0) is 14.4 Å². The Hall–Kier alpha value is -3.26. The second-order valence-corrected chi connectivity index (χ2v) is 11.7. The lowest BCUT2D eigenvalue weighted by Gasteiger charge is -2.34. The molecule has 40 heavy (non-hydrogen) atoms. The van der Waals surface area contributed by atoms with Crippen LogP contribution < -0.4 is 9.47 Å². The molecule has 2 aliphatic rings. The number of carboxylic acids is 1. The Balaban J connectivity index is 1.71. The molecule has 1 N–H and O–H groups in total. The molecular formula is C31H39ClN2O6. The summed E-state index contributed by atoms with van der Waals surface area (Å²) in [5, 5.41) is 9.71. The van der Waals surface area contributed by atoms with Crippen molar-refractivity contribution in [2.24, 2.45) is 11.8 Å². The molecular weight excluding hydrogens is 532 g/mol. The third kappa shape index (κ3) is 6.54. The standard InChI is InChI=1S/C31H39ClN2O6/c1-19(2)14-25-22-9-8-21(32)16-24(22)26(23-6-5-7-27(39-3)30(23)40-4)17-34(31(25)38)18-28(35)33-12-10-20(11-13-33)15-29(36)37/h5-9,16,19-20,25-26H,10-15,17-18H2,1-4H3,(H,36,37). The number of rotatable bonds is 9. The van der Waals surface area contributed by atoms with Gasteiger partial charge in [-0.25, -0.2) is 0 Å². The number of hydrogen-bond acceptors (Lipinski definition) is 5. The Bertz CT molecular complexity index is 1240. The topological polar surface area (TPSA) is 96.4 Å². The molecule has 216 valence electrons. The van der Waals surface area contributed by atoms with Crippen LogP contribution in [0.3, 0.4) is 0 Å². The van der Waals surface area contributed by atoms with Crippen molar-refractivity contribution >= 4 is 29.4 Å². The Labute approximate surface area is 241 Å². The second kappa shape index (κ2) is 12.9. The molecule has 2 aliphatic heterocycles. The zero-order valence-electron chi connectivity index (χ0n) is 23.7. The first-order valence-corrected chi connectivity index (χ1v) is 14.3. The maximum atomic E-state index is 14.2. The van der Waals surface area contributed by atoms with Gasteiger partial charge >= 0.3 is 5.97 Å². The maximum Gasteiger partial charge on any atom is 0.303 e. The predicted octanol–water partition coefficient (Wildman–Crippen LogP) is 5.17. The zero-order valence-corrected chi connectivity index (χ0v) is 24.4. The van der Waals surface area contributed by atoms with Gasteiger partial charge in [-0.1, -0.05) is 43.6 Å². The highest BCUT2D eigenvalue weighted by atomic mass is 35.5. The Morgan fingerprint density at radius 3 is 2.40 bits per heavy atom. The first-order valence-electron chi connectivity index (χ1n) is 13.9. The summed E-state index contributed by atoms with van der Waals surface area (Å²) in [6, 6.07) is 11.4. The number of para-hydroxylation sites is 1. The van der Waals surface area contributed by atoms with Gasteiger partial charge < -0.3 is 24.4 Å². The van der Waals surface area contributed by atoms with E-state index in [1.807, 2.05) is 36.4 Å². The van der Waals surface area contributed by atoms with E-state index in [2.05, 4.69) is 13.8 Å². The number of halogens is 1. The molecule has 0 spiro atoms. The van der Waals surface area contributed by atoms with Crippen LogP contribution in [0.1, 0.15) is 68.1 Å². The monoisotopic (exact) mass is 570 g/mol. The molecule has 8 nitrogen and oxygen atoms in total. The first-order chi connectivity index (χ1) is 19.1. The van der Waals surface area contributed by atoms with Crippen molar-refractivity contribution in [2.75, 3.05) is 40.4 Å². The summed E-state index contributed by atoms with van der Waals surface area (Å²) in [4.78, 5) is 42.3. The summed E-state index contributed by atoms with van der Waals surface area (Å²) < 4.78 is 11.4. The largest absolute Gasteiger partial charge is 0.493 e. The molecule has 2 atom stereocenters. The SMILES string of the molecule is COc1cccc(C2CN(CC(=O)N3CCC(CC(=O)O)CC3)C(=O)C(CC(C)C)c3ccc(Cl)cc32)c1OC. The van der Waals surface area contributed by atoms with Crippen molar-refractivity contribution in [1.82, 2.24) is 9.80 Å². The van der Waals surface area contributed by atoms with E-state index in [1.54, 1.807) is 24.0 Å². The maximum absolute atomic E-state index is 14.2. The van der Waals surface area contributed by atoms with Crippen LogP contribution in [0.4, 0.5) is 0 Å². The average molecular weight is 571 g/mol. The van der Waals surface area contributed by atoms with Gasteiger partial charge in [0.05, 0.1) is 26.7 Å². The molecule has 4 rings (SSSR count). The molecule has 0 aromatic heterocycles. The minimum atomic E-state index is -0.810. The van der Waals surface area contributed by atoms with Gasteiger partial charge in [0.1, 0.15) is 0 Å². The van der Waals surface area contributed by atoms with Gasteiger partial charge in [-0.3, -0.25) is 14.4 Å². The van der Waals surface area contributed by atoms with Crippen LogP contribution in [0.25, 0.3) is 0 Å². The van der Waals surface area contributed by atoms with Gasteiger partial charge in [0.15, 0.2) is 11.5 Å². The van der Waals surface area contributed by atoms with Crippen LogP contribution in [0.15, 0.2) is 36.4 Å². The lowest BCUT2D eigenvalue weighted by Crippen LogP contribution is -2.47. The van der Waals surface area contributed by atoms with E-state index in [9.17, 15) is 14.4 Å². The van der Waals surface area contributed by atoms with Gasteiger partial charge in [0.25, 0.3) is 0 Å². The number of aliphatic carboxylic acids is 1. The molecule has 0 aliphatic carbocycles. The van der Waals surface area contributed by atoms with Crippen molar-refractivity contribution in [3.8, 4) is 11.5 Å². The van der Waals surface area contributed by atoms with E-state index in [0.717, 1.165) is 16.7 Å². The fraction of sp³-hybridized carbons (Fsp3) is 0.516. The third-order valence-corrected chi connectivity index (χ3v) is 8.32. The lowest BCUT2D eigenvalue weighted by atomic mass is 9.82. The minimum absolute atomic E-state index is 0.0401. The fourth-order valence-corrected chi connectivity index (χ4v) is 6.30. The normalized spacial score (nSPS) is 19.8. The van der Waals surface area contributed by atoms with Gasteiger partial charge in [-0.2, -0.15) is 0 Å². The van der Waals surface area contributed by atoms with Crippen LogP contribution in [-0.4, -0.2) is 73.1 Å². The molecule has 0 radical (unpaired) electrons. The average Bonchev–Trinajstić information content (AvgIpc) is 3.02. The molecule has 2 aromatic carbocycles. The molecule has 2 aromatic rings. The van der Waals surface area contributed by atoms with Crippen molar-refractivity contribution in [3.05, 3.63) is 58.1 Å². The van der Waals surface area contributed by atoms with Crippen molar-refractivity contribution < 1.29 is 29.0 Å². The molecule has 9 heteroatoms. The van der Waals surface area contributed by atoms with E-state index in [0.29, 0.717) is 48.9 Å². The molecule has 2 amide bonds. The number of ether oxygens (including phenoxy) is 2. The van der Waals surface area contributed by atoms with Crippen LogP contribution >= 0.6 is 11.6 Å². The Kier molecular flexibility index (Phi) is 9.61. The van der Waals surface area contributed by atoms with E-state index in [-0.39, 0.29) is 49.1 Å². The van der Waals surface area contributed by atoms with Gasteiger partial charge in [0.2, 0.25) is 11.8 Å². The lowest BCUT2D eigenvalue weighted by molar-refractivity contribution is -0.143. The van der Waals surface area contributed by atoms with Crippen molar-refractivity contribution in [2.45, 2.75) is 51.4 Å². The van der Waals surface area contributed by atoms with E-state index in [1.165, 1.54) is 0 Å². The molecule has 1 fully saturated rings. The number of piperidine rings is 1. The van der Waals surface area contributed by atoms with E-state index < -0.39 is 11.9 Å². The van der Waals surface area contributed by atoms with Gasteiger partial charge in [0, 0.05) is 42.6 Å². The molecule has 2 heterocycles. The summed E-state index contributed by atoms with van der Waals surface area (Å²) in [6.45, 7) is 5.42. The molecule has 0 saturated carbocycles. The number of fused-ring (bicyclic) bond motifs is 1. The summed E-state index contributed by atoms with van der Waals surface area (Å²) in [6.07, 6.45) is 2.06. The fourth-order valence-electron chi connectivity index (χ4n) is 6.12. The number of carbonyl (C=O) groups is 3. The van der Waals surface area contributed by atoms with Crippen LogP contribution in [0.2, 0.25) is 5.02 Å². The number of methoxy groups -OCH3 is 2. The number of carboxylic acid groups (broad SMARTS) is 1. The Morgan fingerprint density at radius 1 is 1.05 bits per heavy atom. The van der Waals surface area contributed by atoms with Crippen molar-refractivity contribution in [3.63, 3.8) is 0 Å². The number of benzene rings is 2. The summed E-state index contributed by atoms with van der Waals surface area (Å²) in [7, 11) is 3.19. The quantitative estimate of drug-likeness (QED) is 0.446. The highest BCUT2D eigenvalue weighted by Crippen LogP contribution is 2.44. The number of nitrogens with zero attached hydrogens (tertiary/aromatic N) is 2. The number of hydrogen-bond donors (Lipinski definition) is 1. The highest BCUT2D eigenvalue weighted by molar-refractivity contribution is 6.30. The van der Waals surface area contributed by atoms with Gasteiger partial charge in [-0.05, 0) is 60.4 Å². The smallest absolute Gasteiger partial charge is 0.303 e. The minimum Gasteiger partial charge on any atom is -0.493 e. The molecule has 1 saturated heterocycles. The molecule has 2 unspecified atom stereocenters. The second-order valence-electron chi connectivity index (χ2n) is 11.2. The third-order valence-electron chi connectivity index (χ3n) is 8.08. The predicted molar refractivity (Wildman–Crippen MR) is 153 cm³/mol. The van der Waals surface area contributed by atoms with Crippen molar-refractivity contribution in [1.29, 1.82) is 0 Å². The van der Waals surface area contributed by atoms with E-state index >= 15 is 0 Å². The Morgan fingerprint density at radius 2 is 1.77 bits per heavy atom. The summed E-state index contributed by atoms with van der Waals surface area (Å²) in [5.41, 5.74) is 2.72. The van der Waals surface area contributed by atoms with Crippen LogP contribution in [0.5, 0.6) is 11.5 Å². The molecule has 0 bridgehead atoms. The zero-order chi connectivity index (χ0) is 29.0. The highest BCUT2D eigenvalue weighted by Gasteiger charge is 2.39. The van der Waals surface area contributed by atoms with Gasteiger partial charge in [-0.15, -0.1) is 0 Å². The first kappa shape index (κ1) is 29.7. The number of likely N-dealkylation sites (tertiary alicyclic amines) is 1.